The average molecular weight is 318 g/mol. The lowest BCUT2D eigenvalue weighted by Gasteiger charge is -2.02. The maximum atomic E-state index is 11.6. The molecule has 0 saturated heterocycles. The van der Waals surface area contributed by atoms with Gasteiger partial charge in [-0.05, 0) is 28.8 Å². The number of rotatable bonds is 8. The molecule has 0 aromatic carbocycles. The second-order valence-corrected chi connectivity index (χ2v) is 4.73. The molecule has 0 bridgehead atoms. The molecule has 0 atom stereocenters. The van der Waals surface area contributed by atoms with Gasteiger partial charge in [-0.15, -0.1) is 0 Å². The third-order valence-electron chi connectivity index (χ3n) is 2.43. The Kier molecular flexibility index (Phi) is 6.49. The number of aliphatic carboxylic acids is 1. The fourth-order valence-electron chi connectivity index (χ4n) is 1.49. The molecular weight excluding hydrogens is 302 g/mol. The highest BCUT2D eigenvalue weighted by molar-refractivity contribution is 9.10. The second-order valence-electron chi connectivity index (χ2n) is 3.95. The molecule has 0 spiro atoms. The van der Waals surface area contributed by atoms with Gasteiger partial charge >= 0.3 is 5.97 Å². The minimum absolute atomic E-state index is 0.157. The van der Waals surface area contributed by atoms with Crippen molar-refractivity contribution >= 4 is 27.8 Å². The van der Waals surface area contributed by atoms with E-state index in [2.05, 4.69) is 21.2 Å². The van der Waals surface area contributed by atoms with Crippen LogP contribution in [0.2, 0.25) is 0 Å². The summed E-state index contributed by atoms with van der Waals surface area (Å²) >= 11 is 3.13. The lowest BCUT2D eigenvalue weighted by molar-refractivity contribution is -0.137. The fourth-order valence-corrected chi connectivity index (χ4v) is 1.83. The molecular formula is C12H16BrNO4. The number of carboxylic acid groups (broad SMARTS) is 1. The molecule has 18 heavy (non-hydrogen) atoms. The summed E-state index contributed by atoms with van der Waals surface area (Å²) in [5, 5.41) is 11.2. The van der Waals surface area contributed by atoms with Gasteiger partial charge in [0.05, 0.1) is 5.56 Å². The van der Waals surface area contributed by atoms with Crippen LogP contribution in [-0.4, -0.2) is 23.5 Å². The molecule has 0 aliphatic carbocycles. The van der Waals surface area contributed by atoms with E-state index >= 15 is 0 Å². The lowest BCUT2D eigenvalue weighted by Crippen LogP contribution is -2.23. The normalized spacial score (nSPS) is 10.3. The molecule has 0 aliphatic heterocycles. The predicted molar refractivity (Wildman–Crippen MR) is 69.5 cm³/mol. The van der Waals surface area contributed by atoms with Gasteiger partial charge in [0.25, 0.3) is 5.91 Å². The van der Waals surface area contributed by atoms with Crippen molar-refractivity contribution in [3.8, 4) is 0 Å². The zero-order valence-electron chi connectivity index (χ0n) is 9.95. The summed E-state index contributed by atoms with van der Waals surface area (Å²) in [5.74, 6) is -0.913. The number of halogens is 1. The number of hydrogen-bond acceptors (Lipinski definition) is 3. The van der Waals surface area contributed by atoms with Crippen molar-refractivity contribution in [1.82, 2.24) is 5.32 Å². The van der Waals surface area contributed by atoms with Crippen LogP contribution in [0, 0.1) is 0 Å². The van der Waals surface area contributed by atoms with E-state index in [4.69, 9.17) is 9.52 Å². The van der Waals surface area contributed by atoms with Gasteiger partial charge in [0.15, 0.2) is 4.67 Å². The van der Waals surface area contributed by atoms with E-state index in [1.807, 2.05) is 0 Å². The molecule has 1 aromatic heterocycles. The summed E-state index contributed by atoms with van der Waals surface area (Å²) in [6, 6.07) is 1.61. The van der Waals surface area contributed by atoms with Crippen LogP contribution in [-0.2, 0) is 4.79 Å². The molecule has 1 heterocycles. The Labute approximate surface area is 114 Å². The summed E-state index contributed by atoms with van der Waals surface area (Å²) in [6.45, 7) is 0.592. The number of carboxylic acids is 1. The second kappa shape index (κ2) is 7.92. The molecule has 0 aliphatic rings. The maximum Gasteiger partial charge on any atom is 0.303 e. The van der Waals surface area contributed by atoms with Gasteiger partial charge in [0.2, 0.25) is 0 Å². The number of nitrogens with one attached hydrogen (secondary N) is 1. The van der Waals surface area contributed by atoms with Crippen LogP contribution in [0.4, 0.5) is 0 Å². The van der Waals surface area contributed by atoms with Crippen LogP contribution >= 0.6 is 15.9 Å². The van der Waals surface area contributed by atoms with E-state index in [-0.39, 0.29) is 12.3 Å². The van der Waals surface area contributed by atoms with E-state index < -0.39 is 5.97 Å². The Hall–Kier alpha value is -1.30. The largest absolute Gasteiger partial charge is 0.481 e. The first-order chi connectivity index (χ1) is 8.59. The van der Waals surface area contributed by atoms with Crippen molar-refractivity contribution in [1.29, 1.82) is 0 Å². The number of amides is 1. The van der Waals surface area contributed by atoms with Crippen LogP contribution in [0.15, 0.2) is 21.4 Å². The van der Waals surface area contributed by atoms with Crippen LogP contribution in [0.25, 0.3) is 0 Å². The Bertz CT molecular complexity index is 403. The summed E-state index contributed by atoms with van der Waals surface area (Å²) in [7, 11) is 0. The van der Waals surface area contributed by atoms with Crippen molar-refractivity contribution in [2.45, 2.75) is 32.1 Å². The maximum absolute atomic E-state index is 11.6. The van der Waals surface area contributed by atoms with Crippen LogP contribution in [0.1, 0.15) is 42.5 Å². The number of unbranched alkanes of at least 4 members (excludes halogenated alkanes) is 3. The highest BCUT2D eigenvalue weighted by Crippen LogP contribution is 2.13. The predicted octanol–water partition coefficient (Wildman–Crippen LogP) is 2.81. The molecule has 1 aromatic rings. The zero-order chi connectivity index (χ0) is 13.4. The molecule has 2 N–H and O–H groups in total. The Morgan fingerprint density at radius 2 is 2.00 bits per heavy atom. The first-order valence-electron chi connectivity index (χ1n) is 5.83. The summed E-state index contributed by atoms with van der Waals surface area (Å²) in [6.07, 6.45) is 4.95. The number of furan rings is 1. The quantitative estimate of drug-likeness (QED) is 0.722. The molecule has 0 fully saturated rings. The first kappa shape index (κ1) is 14.8. The number of carbonyl (C=O) groups excluding carboxylic acids is 1. The standard InChI is InChI=1S/C12H16BrNO4/c13-10-7-9(8-18-10)12(17)14-6-4-2-1-3-5-11(15)16/h7-8H,1-6H2,(H,14,17)(H,15,16). The van der Waals surface area contributed by atoms with Crippen molar-refractivity contribution in [3.63, 3.8) is 0 Å². The summed E-state index contributed by atoms with van der Waals surface area (Å²) in [4.78, 5) is 21.8. The topological polar surface area (TPSA) is 79.5 Å². The molecule has 0 unspecified atom stereocenters. The lowest BCUT2D eigenvalue weighted by atomic mass is 10.1. The molecule has 1 rings (SSSR count). The minimum atomic E-state index is -0.756. The van der Waals surface area contributed by atoms with E-state index in [0.29, 0.717) is 23.2 Å². The number of carbonyl (C=O) groups is 2. The van der Waals surface area contributed by atoms with Gasteiger partial charge < -0.3 is 14.8 Å². The van der Waals surface area contributed by atoms with Crippen molar-refractivity contribution < 1.29 is 19.1 Å². The first-order valence-corrected chi connectivity index (χ1v) is 6.63. The molecule has 5 nitrogen and oxygen atoms in total. The van der Waals surface area contributed by atoms with Gasteiger partial charge in [-0.1, -0.05) is 12.8 Å². The summed E-state index contributed by atoms with van der Waals surface area (Å²) < 4.78 is 5.50. The third-order valence-corrected chi connectivity index (χ3v) is 2.85. The average Bonchev–Trinajstić information content (AvgIpc) is 2.74. The van der Waals surface area contributed by atoms with Crippen molar-refractivity contribution in [2.24, 2.45) is 0 Å². The van der Waals surface area contributed by atoms with E-state index in [1.165, 1.54) is 6.26 Å². The van der Waals surface area contributed by atoms with Crippen LogP contribution < -0.4 is 5.32 Å². The minimum Gasteiger partial charge on any atom is -0.481 e. The zero-order valence-corrected chi connectivity index (χ0v) is 11.5. The summed E-state index contributed by atoms with van der Waals surface area (Å²) in [5.41, 5.74) is 0.493. The fraction of sp³-hybridized carbons (Fsp3) is 0.500. The molecule has 0 saturated carbocycles. The Morgan fingerprint density at radius 1 is 1.28 bits per heavy atom. The molecule has 100 valence electrons. The highest BCUT2D eigenvalue weighted by atomic mass is 79.9. The SMILES string of the molecule is O=C(O)CCCCCCNC(=O)c1coc(Br)c1. The van der Waals surface area contributed by atoms with Crippen molar-refractivity contribution in [2.75, 3.05) is 6.54 Å². The van der Waals surface area contributed by atoms with E-state index in [1.54, 1.807) is 6.07 Å². The van der Waals surface area contributed by atoms with Gasteiger partial charge in [-0.2, -0.15) is 0 Å². The van der Waals surface area contributed by atoms with Gasteiger partial charge in [0.1, 0.15) is 6.26 Å². The Balaban J connectivity index is 2.04. The molecule has 1 amide bonds. The Morgan fingerprint density at radius 3 is 2.61 bits per heavy atom. The van der Waals surface area contributed by atoms with Gasteiger partial charge in [0, 0.05) is 19.0 Å². The third kappa shape index (κ3) is 5.86. The molecule has 6 heteroatoms. The van der Waals surface area contributed by atoms with Crippen LogP contribution in [0.3, 0.4) is 0 Å². The van der Waals surface area contributed by atoms with Gasteiger partial charge in [-0.25, -0.2) is 0 Å². The van der Waals surface area contributed by atoms with E-state index in [0.717, 1.165) is 19.3 Å². The number of hydrogen-bond donors (Lipinski definition) is 2. The molecule has 0 radical (unpaired) electrons. The monoisotopic (exact) mass is 317 g/mol. The van der Waals surface area contributed by atoms with Crippen molar-refractivity contribution in [3.05, 3.63) is 22.6 Å². The smallest absolute Gasteiger partial charge is 0.303 e. The highest BCUT2D eigenvalue weighted by Gasteiger charge is 2.07. The van der Waals surface area contributed by atoms with E-state index in [9.17, 15) is 9.59 Å². The van der Waals surface area contributed by atoms with Gasteiger partial charge in [-0.3, -0.25) is 9.59 Å². The van der Waals surface area contributed by atoms with Crippen LogP contribution in [0.5, 0.6) is 0 Å².